The topological polar surface area (TPSA) is 0 Å². The monoisotopic (exact) mass is 254 g/mol. The highest BCUT2D eigenvalue weighted by molar-refractivity contribution is 5.34. The lowest BCUT2D eigenvalue weighted by molar-refractivity contribution is 0.0743. The first-order valence-corrected chi connectivity index (χ1v) is 7.10. The van der Waals surface area contributed by atoms with Crippen LogP contribution in [0.2, 0.25) is 0 Å². The summed E-state index contributed by atoms with van der Waals surface area (Å²) in [4.78, 5) is 0. The molecule has 0 N–H and O–H groups in total. The van der Waals surface area contributed by atoms with E-state index in [1.165, 1.54) is 6.08 Å². The molecule has 2 aliphatic carbocycles. The van der Waals surface area contributed by atoms with Crippen LogP contribution in [-0.4, -0.2) is 5.92 Å². The lowest BCUT2D eigenvalue weighted by atomic mass is 9.55. The highest BCUT2D eigenvalue weighted by Crippen LogP contribution is 2.54. The summed E-state index contributed by atoms with van der Waals surface area (Å²) < 4.78 is 26.9. The molecule has 102 valence electrons. The lowest BCUT2D eigenvalue weighted by Crippen LogP contribution is -2.41. The van der Waals surface area contributed by atoms with Gasteiger partial charge in [-0.1, -0.05) is 45.8 Å². The van der Waals surface area contributed by atoms with Crippen LogP contribution in [0.1, 0.15) is 47.0 Å². The van der Waals surface area contributed by atoms with Crippen LogP contribution in [0, 0.1) is 23.2 Å². The number of rotatable bonds is 2. The van der Waals surface area contributed by atoms with Gasteiger partial charge >= 0.3 is 0 Å². The van der Waals surface area contributed by atoms with Gasteiger partial charge in [0.1, 0.15) is 0 Å². The Balaban J connectivity index is 2.37. The van der Waals surface area contributed by atoms with Crippen molar-refractivity contribution in [3.63, 3.8) is 0 Å². The highest BCUT2D eigenvalue weighted by atomic mass is 19.3. The molecule has 18 heavy (non-hydrogen) atoms. The summed E-state index contributed by atoms with van der Waals surface area (Å²) in [5, 5.41) is 0. The molecule has 1 saturated carbocycles. The van der Waals surface area contributed by atoms with Gasteiger partial charge in [-0.2, -0.15) is 8.78 Å². The molecular formula is C16H24F2. The van der Waals surface area contributed by atoms with Gasteiger partial charge in [-0.15, -0.1) is 0 Å². The Hall–Kier alpha value is -0.660. The minimum absolute atomic E-state index is 0.149. The van der Waals surface area contributed by atoms with Crippen molar-refractivity contribution in [1.82, 2.24) is 0 Å². The van der Waals surface area contributed by atoms with Gasteiger partial charge in [-0.05, 0) is 42.7 Å². The highest BCUT2D eigenvalue weighted by Gasteiger charge is 2.47. The molecule has 0 aliphatic heterocycles. The third-order valence-electron chi connectivity index (χ3n) is 5.04. The average Bonchev–Trinajstić information content (AvgIpc) is 2.28. The first-order valence-electron chi connectivity index (χ1n) is 7.10. The maximum atomic E-state index is 13.5. The van der Waals surface area contributed by atoms with E-state index in [1.54, 1.807) is 6.08 Å². The van der Waals surface area contributed by atoms with Crippen LogP contribution in [0.4, 0.5) is 8.78 Å². The molecule has 2 unspecified atom stereocenters. The second kappa shape index (κ2) is 4.47. The zero-order valence-electron chi connectivity index (χ0n) is 11.8. The Labute approximate surface area is 109 Å². The normalized spacial score (nSPS) is 38.5. The largest absolute Gasteiger partial charge is 0.285 e. The maximum absolute atomic E-state index is 13.5. The Morgan fingerprint density at radius 2 is 2.00 bits per heavy atom. The Morgan fingerprint density at radius 3 is 2.56 bits per heavy atom. The van der Waals surface area contributed by atoms with Crippen LogP contribution in [0.5, 0.6) is 0 Å². The van der Waals surface area contributed by atoms with Gasteiger partial charge in [0.05, 0.1) is 0 Å². The van der Waals surface area contributed by atoms with Crippen molar-refractivity contribution in [2.75, 3.05) is 0 Å². The van der Waals surface area contributed by atoms with Crippen LogP contribution in [0.3, 0.4) is 0 Å². The van der Waals surface area contributed by atoms with E-state index in [0.717, 1.165) is 30.9 Å². The Bertz CT molecular complexity index is 379. The molecule has 1 fully saturated rings. The third kappa shape index (κ3) is 2.15. The van der Waals surface area contributed by atoms with Crippen molar-refractivity contribution < 1.29 is 8.78 Å². The predicted octanol–water partition coefficient (Wildman–Crippen LogP) is 5.22. The molecule has 0 radical (unpaired) electrons. The van der Waals surface area contributed by atoms with Crippen LogP contribution in [0.25, 0.3) is 0 Å². The van der Waals surface area contributed by atoms with E-state index in [9.17, 15) is 8.78 Å². The molecule has 2 rings (SSSR count). The Morgan fingerprint density at radius 1 is 1.33 bits per heavy atom. The van der Waals surface area contributed by atoms with Crippen molar-refractivity contribution in [3.05, 3.63) is 23.8 Å². The molecule has 0 saturated heterocycles. The maximum Gasteiger partial charge on any atom is 0.285 e. The van der Waals surface area contributed by atoms with E-state index in [4.69, 9.17) is 0 Å². The minimum Gasteiger partial charge on any atom is -0.197 e. The molecule has 0 bridgehead atoms. The van der Waals surface area contributed by atoms with Crippen LogP contribution in [0.15, 0.2) is 23.8 Å². The SMILES string of the molecule is CCC1C(C(C)C)CCC2=CC(F)(F)C=C[C@@]21C. The van der Waals surface area contributed by atoms with Crippen LogP contribution < -0.4 is 0 Å². The molecule has 0 aromatic carbocycles. The molecule has 0 amide bonds. The van der Waals surface area contributed by atoms with Gasteiger partial charge in [0.15, 0.2) is 0 Å². The summed E-state index contributed by atoms with van der Waals surface area (Å²) in [6.07, 6.45) is 7.04. The van der Waals surface area contributed by atoms with E-state index < -0.39 is 5.92 Å². The fourth-order valence-corrected chi connectivity index (χ4v) is 4.02. The van der Waals surface area contributed by atoms with Gasteiger partial charge in [0.25, 0.3) is 5.92 Å². The zero-order chi connectivity index (χ0) is 13.6. The first kappa shape index (κ1) is 13.8. The van der Waals surface area contributed by atoms with E-state index in [2.05, 4.69) is 27.7 Å². The number of hydrogen-bond donors (Lipinski definition) is 0. The van der Waals surface area contributed by atoms with Crippen molar-refractivity contribution in [2.24, 2.45) is 23.2 Å². The third-order valence-corrected chi connectivity index (χ3v) is 5.04. The summed E-state index contributed by atoms with van der Waals surface area (Å²) in [6.45, 7) is 8.85. The summed E-state index contributed by atoms with van der Waals surface area (Å²) in [7, 11) is 0. The molecule has 0 heterocycles. The van der Waals surface area contributed by atoms with E-state index >= 15 is 0 Å². The number of allylic oxidation sites excluding steroid dienone is 4. The number of alkyl halides is 2. The fourth-order valence-electron chi connectivity index (χ4n) is 4.02. The van der Waals surface area contributed by atoms with Crippen molar-refractivity contribution in [3.8, 4) is 0 Å². The summed E-state index contributed by atoms with van der Waals surface area (Å²) in [5.41, 5.74) is 0.808. The molecule has 3 atom stereocenters. The number of halogens is 2. The molecule has 2 heteroatoms. The summed E-state index contributed by atoms with van der Waals surface area (Å²) >= 11 is 0. The van der Waals surface area contributed by atoms with Gasteiger partial charge < -0.3 is 0 Å². The van der Waals surface area contributed by atoms with Gasteiger partial charge in [-0.3, -0.25) is 0 Å². The standard InChI is InChI=1S/C16H24F2/c1-5-14-13(11(2)3)7-6-12-10-16(17,18)9-8-15(12,14)4/h8-11,13-14H,5-7H2,1-4H3/t13?,14?,15-/m0/s1. The van der Waals surface area contributed by atoms with Crippen molar-refractivity contribution >= 4 is 0 Å². The molecule has 2 aliphatic rings. The van der Waals surface area contributed by atoms with Gasteiger partial charge in [-0.25, -0.2) is 0 Å². The molecule has 0 nitrogen and oxygen atoms in total. The van der Waals surface area contributed by atoms with Gasteiger partial charge in [0.2, 0.25) is 0 Å². The lowest BCUT2D eigenvalue weighted by Gasteiger charge is -2.49. The first-order chi connectivity index (χ1) is 8.30. The second-order valence-electron chi connectivity index (χ2n) is 6.42. The zero-order valence-corrected chi connectivity index (χ0v) is 11.8. The van der Waals surface area contributed by atoms with Crippen LogP contribution >= 0.6 is 0 Å². The van der Waals surface area contributed by atoms with E-state index in [1.807, 2.05) is 0 Å². The van der Waals surface area contributed by atoms with Crippen molar-refractivity contribution in [1.29, 1.82) is 0 Å². The molecule has 0 spiro atoms. The average molecular weight is 254 g/mol. The fraction of sp³-hybridized carbons (Fsp3) is 0.750. The quantitative estimate of drug-likeness (QED) is 0.593. The minimum atomic E-state index is -2.74. The molecular weight excluding hydrogens is 230 g/mol. The summed E-state index contributed by atoms with van der Waals surface area (Å²) in [6, 6.07) is 0. The van der Waals surface area contributed by atoms with E-state index in [-0.39, 0.29) is 5.41 Å². The summed E-state index contributed by atoms with van der Waals surface area (Å²) in [5.74, 6) is -0.972. The molecule has 0 aromatic heterocycles. The van der Waals surface area contributed by atoms with E-state index in [0.29, 0.717) is 17.8 Å². The second-order valence-corrected chi connectivity index (χ2v) is 6.42. The van der Waals surface area contributed by atoms with Gasteiger partial charge in [0, 0.05) is 5.41 Å². The smallest absolute Gasteiger partial charge is 0.197 e. The predicted molar refractivity (Wildman–Crippen MR) is 71.6 cm³/mol. The van der Waals surface area contributed by atoms with Crippen LogP contribution in [-0.2, 0) is 0 Å². The Kier molecular flexibility index (Phi) is 3.42. The molecule has 0 aromatic rings. The number of fused-ring (bicyclic) bond motifs is 1. The number of hydrogen-bond acceptors (Lipinski definition) is 0. The van der Waals surface area contributed by atoms with Crippen molar-refractivity contribution in [2.45, 2.75) is 52.9 Å².